The smallest absolute Gasteiger partial charge is 0.290 e. The highest BCUT2D eigenvalue weighted by molar-refractivity contribution is 6.05. The fourth-order valence-electron chi connectivity index (χ4n) is 3.69. The number of halogens is 1. The zero-order valence-electron chi connectivity index (χ0n) is 15.9. The summed E-state index contributed by atoms with van der Waals surface area (Å²) in [6.07, 6.45) is 0. The summed E-state index contributed by atoms with van der Waals surface area (Å²) in [5, 5.41) is 10.7. The van der Waals surface area contributed by atoms with Gasteiger partial charge in [-0.15, -0.1) is 0 Å². The number of aliphatic hydroxyl groups excluding tert-OH is 1. The number of aliphatic hydroxyl groups is 1. The lowest BCUT2D eigenvalue weighted by Gasteiger charge is -2.27. The molecule has 3 aromatic rings. The number of hydrogen-bond acceptors (Lipinski definition) is 3. The molecule has 1 aliphatic heterocycles. The first-order chi connectivity index (χ1) is 14.1. The Hall–Kier alpha value is -3.60. The third-order valence-corrected chi connectivity index (χ3v) is 5.06. The van der Waals surface area contributed by atoms with Crippen LogP contribution in [0.1, 0.15) is 22.7 Å². The predicted molar refractivity (Wildman–Crippen MR) is 109 cm³/mol. The van der Waals surface area contributed by atoms with E-state index in [1.54, 1.807) is 24.1 Å². The van der Waals surface area contributed by atoms with Crippen LogP contribution in [-0.4, -0.2) is 23.0 Å². The molecule has 0 saturated carbocycles. The van der Waals surface area contributed by atoms with E-state index in [9.17, 15) is 14.3 Å². The lowest BCUT2D eigenvalue weighted by Crippen LogP contribution is -2.29. The minimum absolute atomic E-state index is 0.276. The van der Waals surface area contributed by atoms with Crippen LogP contribution in [0, 0.1) is 5.82 Å². The Morgan fingerprint density at radius 2 is 1.72 bits per heavy atom. The van der Waals surface area contributed by atoms with Crippen molar-refractivity contribution in [2.24, 2.45) is 0 Å². The summed E-state index contributed by atoms with van der Waals surface area (Å²) in [5.74, 6) is -0.408. The molecule has 1 amide bonds. The minimum Gasteiger partial charge on any atom is -0.503 e. The number of hydrogen-bond donors (Lipinski definition) is 1. The Kier molecular flexibility index (Phi) is 5.04. The molecule has 1 N–H and O–H groups in total. The molecule has 0 saturated heterocycles. The van der Waals surface area contributed by atoms with Crippen molar-refractivity contribution >= 4 is 11.5 Å². The van der Waals surface area contributed by atoms with Crippen molar-refractivity contribution in [2.75, 3.05) is 7.11 Å². The Morgan fingerprint density at radius 1 is 1.00 bits per heavy atom. The van der Waals surface area contributed by atoms with Crippen molar-refractivity contribution < 1.29 is 19.0 Å². The summed E-state index contributed by atoms with van der Waals surface area (Å²) < 4.78 is 18.8. The molecule has 0 radical (unpaired) electrons. The van der Waals surface area contributed by atoms with Crippen molar-refractivity contribution in [3.8, 4) is 5.75 Å². The van der Waals surface area contributed by atoms with Gasteiger partial charge in [0.15, 0.2) is 5.76 Å². The van der Waals surface area contributed by atoms with E-state index in [0.717, 1.165) is 16.7 Å². The molecule has 3 aromatic carbocycles. The first kappa shape index (κ1) is 18.7. The molecule has 4 rings (SSSR count). The molecule has 0 unspecified atom stereocenters. The molecule has 5 heteroatoms. The number of nitrogens with zero attached hydrogens (tertiary/aromatic N) is 1. The van der Waals surface area contributed by atoms with Gasteiger partial charge >= 0.3 is 0 Å². The van der Waals surface area contributed by atoms with E-state index in [4.69, 9.17) is 4.74 Å². The summed E-state index contributed by atoms with van der Waals surface area (Å²) in [5.41, 5.74) is 2.86. The average Bonchev–Trinajstić information content (AvgIpc) is 3.00. The second-order valence-corrected chi connectivity index (χ2v) is 6.87. The molecule has 1 heterocycles. The predicted octanol–water partition coefficient (Wildman–Crippen LogP) is 4.89. The average molecular weight is 389 g/mol. The fourth-order valence-corrected chi connectivity index (χ4v) is 3.69. The Morgan fingerprint density at radius 3 is 2.41 bits per heavy atom. The molecule has 4 nitrogen and oxygen atoms in total. The van der Waals surface area contributed by atoms with Gasteiger partial charge in [0.2, 0.25) is 0 Å². The number of rotatable bonds is 5. The van der Waals surface area contributed by atoms with Crippen molar-refractivity contribution in [3.05, 3.63) is 107 Å². The van der Waals surface area contributed by atoms with Gasteiger partial charge in [-0.2, -0.15) is 0 Å². The monoisotopic (exact) mass is 389 g/mol. The van der Waals surface area contributed by atoms with Gasteiger partial charge in [0, 0.05) is 12.1 Å². The highest BCUT2D eigenvalue weighted by atomic mass is 19.1. The van der Waals surface area contributed by atoms with Crippen LogP contribution in [0.25, 0.3) is 5.57 Å². The van der Waals surface area contributed by atoms with Crippen molar-refractivity contribution in [1.29, 1.82) is 0 Å². The SMILES string of the molecule is COc1cccc(CN2C(=O)C(O)=C(c3ccccc3)[C@H]2c2ccc(F)cc2)c1. The summed E-state index contributed by atoms with van der Waals surface area (Å²) in [4.78, 5) is 14.6. The van der Waals surface area contributed by atoms with Crippen molar-refractivity contribution in [1.82, 2.24) is 4.90 Å². The maximum Gasteiger partial charge on any atom is 0.290 e. The normalized spacial score (nSPS) is 16.4. The molecule has 0 bridgehead atoms. The summed E-state index contributed by atoms with van der Waals surface area (Å²) in [7, 11) is 1.59. The van der Waals surface area contributed by atoms with Crippen molar-refractivity contribution in [2.45, 2.75) is 12.6 Å². The lowest BCUT2D eigenvalue weighted by molar-refractivity contribution is -0.130. The third kappa shape index (κ3) is 3.59. The van der Waals surface area contributed by atoms with Crippen LogP contribution in [-0.2, 0) is 11.3 Å². The summed E-state index contributed by atoms with van der Waals surface area (Å²) in [6, 6.07) is 22.2. The molecule has 0 aromatic heterocycles. The van der Waals surface area contributed by atoms with Gasteiger partial charge in [-0.1, -0.05) is 54.6 Å². The number of methoxy groups -OCH3 is 1. The van der Waals surface area contributed by atoms with E-state index >= 15 is 0 Å². The highest BCUT2D eigenvalue weighted by Gasteiger charge is 2.40. The van der Waals surface area contributed by atoms with E-state index in [2.05, 4.69) is 0 Å². The van der Waals surface area contributed by atoms with Crippen LogP contribution in [0.5, 0.6) is 5.75 Å². The zero-order valence-corrected chi connectivity index (χ0v) is 15.9. The molecular formula is C24H20FNO3. The first-order valence-corrected chi connectivity index (χ1v) is 9.26. The number of amides is 1. The first-order valence-electron chi connectivity index (χ1n) is 9.26. The number of benzene rings is 3. The molecular weight excluding hydrogens is 369 g/mol. The van der Waals surface area contributed by atoms with Crippen LogP contribution in [0.15, 0.2) is 84.6 Å². The molecule has 1 aliphatic rings. The zero-order chi connectivity index (χ0) is 20.4. The van der Waals surface area contributed by atoms with Gasteiger partial charge in [0.05, 0.1) is 13.2 Å². The molecule has 146 valence electrons. The van der Waals surface area contributed by atoms with Gasteiger partial charge in [-0.05, 0) is 41.0 Å². The maximum absolute atomic E-state index is 13.5. The summed E-state index contributed by atoms with van der Waals surface area (Å²) >= 11 is 0. The standard InChI is InChI=1S/C24H20FNO3/c1-29-20-9-5-6-16(14-20)15-26-22(18-10-12-19(25)13-11-18)21(23(27)24(26)28)17-7-3-2-4-8-17/h2-14,22,27H,15H2,1H3/t22-/m1/s1. The van der Waals surface area contributed by atoms with E-state index < -0.39 is 11.9 Å². The lowest BCUT2D eigenvalue weighted by atomic mass is 9.93. The van der Waals surface area contributed by atoms with Crippen LogP contribution < -0.4 is 4.74 Å². The largest absolute Gasteiger partial charge is 0.503 e. The molecule has 29 heavy (non-hydrogen) atoms. The van der Waals surface area contributed by atoms with E-state index in [1.807, 2.05) is 54.6 Å². The van der Waals surface area contributed by atoms with Crippen LogP contribution in [0.2, 0.25) is 0 Å². The summed E-state index contributed by atoms with van der Waals surface area (Å²) in [6.45, 7) is 0.276. The Labute approximate surface area is 168 Å². The van der Waals surface area contributed by atoms with Crippen molar-refractivity contribution in [3.63, 3.8) is 0 Å². The minimum atomic E-state index is -0.531. The van der Waals surface area contributed by atoms with E-state index in [0.29, 0.717) is 11.3 Å². The Balaban J connectivity index is 1.79. The highest BCUT2D eigenvalue weighted by Crippen LogP contribution is 2.43. The quantitative estimate of drug-likeness (QED) is 0.676. The number of carbonyl (C=O) groups is 1. The van der Waals surface area contributed by atoms with Gasteiger partial charge in [0.25, 0.3) is 5.91 Å². The van der Waals surface area contributed by atoms with Crippen LogP contribution in [0.4, 0.5) is 4.39 Å². The molecule has 0 spiro atoms. The molecule has 0 fully saturated rings. The molecule has 0 aliphatic carbocycles. The molecule has 1 atom stereocenters. The van der Waals surface area contributed by atoms with Gasteiger partial charge < -0.3 is 14.7 Å². The van der Waals surface area contributed by atoms with Crippen LogP contribution >= 0.6 is 0 Å². The number of carbonyl (C=O) groups excluding carboxylic acids is 1. The maximum atomic E-state index is 13.5. The second-order valence-electron chi connectivity index (χ2n) is 6.87. The fraction of sp³-hybridized carbons (Fsp3) is 0.125. The van der Waals surface area contributed by atoms with Gasteiger partial charge in [-0.3, -0.25) is 4.79 Å². The second kappa shape index (κ2) is 7.80. The number of ether oxygens (including phenoxy) is 1. The van der Waals surface area contributed by atoms with Crippen LogP contribution in [0.3, 0.4) is 0 Å². The van der Waals surface area contributed by atoms with E-state index in [1.165, 1.54) is 12.1 Å². The Bertz CT molecular complexity index is 1060. The third-order valence-electron chi connectivity index (χ3n) is 5.06. The van der Waals surface area contributed by atoms with E-state index in [-0.39, 0.29) is 18.1 Å². The topological polar surface area (TPSA) is 49.8 Å². The van der Waals surface area contributed by atoms with Gasteiger partial charge in [-0.25, -0.2) is 4.39 Å². The van der Waals surface area contributed by atoms with Gasteiger partial charge in [0.1, 0.15) is 11.6 Å².